The molecule has 5 N–H and O–H groups in total. The molecule has 0 spiro atoms. The van der Waals surface area contributed by atoms with E-state index in [1.165, 1.54) is 18.7 Å². The van der Waals surface area contributed by atoms with Gasteiger partial charge in [-0.05, 0) is 12.3 Å². The van der Waals surface area contributed by atoms with Gasteiger partial charge in [0, 0.05) is 37.8 Å². The molecule has 0 aromatic carbocycles. The molecule has 0 heterocycles. The monoisotopic (exact) mass is 506 g/mol. The molecule has 14 heteroatoms. The highest BCUT2D eigenvalue weighted by atomic mass is 32.2. The second-order valence-corrected chi connectivity index (χ2v) is 10.2. The number of nitrogens with two attached hydrogens (primary N) is 1. The van der Waals surface area contributed by atoms with E-state index in [9.17, 15) is 27.7 Å². The molecule has 0 bridgehead atoms. The molecule has 188 valence electrons. The molecular weight excluding hydrogens is 473 g/mol. The summed E-state index contributed by atoms with van der Waals surface area (Å²) in [5.74, 6) is -1.10. The number of amides is 1. The van der Waals surface area contributed by atoms with Crippen LogP contribution in [-0.4, -0.2) is 70.1 Å². The van der Waals surface area contributed by atoms with Crippen molar-refractivity contribution in [3.63, 3.8) is 0 Å². The highest BCUT2D eigenvalue weighted by Gasteiger charge is 2.47. The van der Waals surface area contributed by atoms with E-state index in [2.05, 4.69) is 5.32 Å². The summed E-state index contributed by atoms with van der Waals surface area (Å²) in [4.78, 5) is 52.1. The third-order valence-electron chi connectivity index (χ3n) is 4.30. The summed E-state index contributed by atoms with van der Waals surface area (Å²) < 4.78 is 47.3. The Kier molecular flexibility index (Phi) is 14.2. The molecule has 32 heavy (non-hydrogen) atoms. The van der Waals surface area contributed by atoms with Gasteiger partial charge in [-0.3, -0.25) is 18.9 Å². The van der Waals surface area contributed by atoms with Crippen LogP contribution in [-0.2, 0) is 28.4 Å². The smallest absolute Gasteiger partial charge is 0.394 e. The molecule has 10 nitrogen and oxygen atoms in total. The molecule has 0 aliphatic carbocycles. The van der Waals surface area contributed by atoms with E-state index in [1.807, 2.05) is 13.8 Å². The van der Waals surface area contributed by atoms with Gasteiger partial charge >= 0.3 is 25.2 Å². The van der Waals surface area contributed by atoms with Gasteiger partial charge in [0.05, 0.1) is 6.04 Å². The SMILES string of the molecule is CCC(C)CC(=O)OC(COC(C)=O)CSCC(N)C(=O)NCCCC(F)(F)P(=O)(O)O. The fraction of sp³-hybridized carbons (Fsp3) is 0.833. The summed E-state index contributed by atoms with van der Waals surface area (Å²) in [6.45, 7) is 4.71. The van der Waals surface area contributed by atoms with Crippen LogP contribution < -0.4 is 11.1 Å². The maximum atomic E-state index is 13.2. The van der Waals surface area contributed by atoms with Crippen molar-refractivity contribution in [2.45, 2.75) is 64.3 Å². The zero-order chi connectivity index (χ0) is 24.9. The minimum Gasteiger partial charge on any atom is -0.462 e. The molecule has 0 fully saturated rings. The van der Waals surface area contributed by atoms with Crippen LogP contribution in [0, 0.1) is 5.92 Å². The number of hydrogen-bond donors (Lipinski definition) is 4. The summed E-state index contributed by atoms with van der Waals surface area (Å²) in [6, 6.07) is -0.993. The van der Waals surface area contributed by atoms with E-state index in [0.29, 0.717) is 0 Å². The maximum Gasteiger partial charge on any atom is 0.394 e. The minimum atomic E-state index is -5.55. The Labute approximate surface area is 190 Å². The van der Waals surface area contributed by atoms with Gasteiger partial charge in [-0.25, -0.2) is 0 Å². The number of hydrogen-bond acceptors (Lipinski definition) is 8. The lowest BCUT2D eigenvalue weighted by atomic mass is 10.1. The lowest BCUT2D eigenvalue weighted by molar-refractivity contribution is -0.157. The quantitative estimate of drug-likeness (QED) is 0.137. The van der Waals surface area contributed by atoms with Gasteiger partial charge in [-0.2, -0.15) is 20.5 Å². The molecule has 0 aromatic heterocycles. The molecule has 1 amide bonds. The number of thioether (sulfide) groups is 1. The van der Waals surface area contributed by atoms with Gasteiger partial charge in [0.1, 0.15) is 12.7 Å². The van der Waals surface area contributed by atoms with E-state index < -0.39 is 49.7 Å². The lowest BCUT2D eigenvalue weighted by Crippen LogP contribution is -2.43. The minimum absolute atomic E-state index is 0.115. The average Bonchev–Trinajstić information content (AvgIpc) is 2.67. The first-order valence-electron chi connectivity index (χ1n) is 10.1. The topological polar surface area (TPSA) is 165 Å². The number of ether oxygens (including phenoxy) is 2. The molecule has 3 atom stereocenters. The predicted octanol–water partition coefficient (Wildman–Crippen LogP) is 1.62. The fourth-order valence-corrected chi connectivity index (χ4v) is 3.60. The molecule has 0 aliphatic heterocycles. The Hall–Kier alpha value is -1.27. The second-order valence-electron chi connectivity index (χ2n) is 7.38. The first kappa shape index (κ1) is 30.7. The van der Waals surface area contributed by atoms with Gasteiger partial charge in [0.15, 0.2) is 0 Å². The Balaban J connectivity index is 4.42. The van der Waals surface area contributed by atoms with Gasteiger partial charge in [0.2, 0.25) is 5.91 Å². The van der Waals surface area contributed by atoms with Crippen LogP contribution in [0.25, 0.3) is 0 Å². The van der Waals surface area contributed by atoms with E-state index in [4.69, 9.17) is 25.0 Å². The standard InChI is InChI=1S/C18H33F2N2O8PS/c1-4-12(2)8-16(24)30-14(9-29-13(3)23)10-32-11-15(21)17(25)22-7-5-6-18(19,20)31(26,27)28/h12,14-15H,4-11,21H2,1-3H3,(H,22,25)(H2,26,27,28). The summed E-state index contributed by atoms with van der Waals surface area (Å²) >= 11 is 1.19. The van der Waals surface area contributed by atoms with Crippen LogP contribution in [0.5, 0.6) is 0 Å². The van der Waals surface area contributed by atoms with Crippen LogP contribution in [0.15, 0.2) is 0 Å². The molecule has 0 rings (SSSR count). The van der Waals surface area contributed by atoms with Crippen molar-refractivity contribution in [2.24, 2.45) is 11.7 Å². The molecule has 0 aliphatic rings. The van der Waals surface area contributed by atoms with E-state index in [0.717, 1.165) is 6.42 Å². The summed E-state index contributed by atoms with van der Waals surface area (Å²) in [5.41, 5.74) is 1.60. The van der Waals surface area contributed by atoms with E-state index in [-0.39, 0.29) is 43.4 Å². The third kappa shape index (κ3) is 13.3. The number of carbonyl (C=O) groups excluding carboxylic acids is 3. The number of halogens is 2. The third-order valence-corrected chi connectivity index (χ3v) is 6.58. The highest BCUT2D eigenvalue weighted by molar-refractivity contribution is 7.99. The van der Waals surface area contributed by atoms with Gasteiger partial charge in [-0.1, -0.05) is 20.3 Å². The van der Waals surface area contributed by atoms with Crippen LogP contribution in [0.1, 0.15) is 46.5 Å². The highest BCUT2D eigenvalue weighted by Crippen LogP contribution is 2.55. The Morgan fingerprint density at radius 2 is 1.88 bits per heavy atom. The van der Waals surface area contributed by atoms with Crippen molar-refractivity contribution in [3.05, 3.63) is 0 Å². The van der Waals surface area contributed by atoms with Gasteiger partial charge in [-0.15, -0.1) is 0 Å². The van der Waals surface area contributed by atoms with Crippen molar-refractivity contribution in [3.8, 4) is 0 Å². The number of rotatable bonds is 16. The van der Waals surface area contributed by atoms with Gasteiger partial charge in [0.25, 0.3) is 0 Å². The predicted molar refractivity (Wildman–Crippen MR) is 115 cm³/mol. The number of nitrogens with one attached hydrogen (secondary N) is 1. The first-order valence-corrected chi connectivity index (χ1v) is 12.8. The molecule has 0 radical (unpaired) electrons. The second kappa shape index (κ2) is 14.8. The Bertz CT molecular complexity index is 665. The van der Waals surface area contributed by atoms with E-state index >= 15 is 0 Å². The van der Waals surface area contributed by atoms with Crippen LogP contribution in [0.3, 0.4) is 0 Å². The van der Waals surface area contributed by atoms with E-state index in [1.54, 1.807) is 0 Å². The normalized spacial score (nSPS) is 14.9. The molecule has 0 saturated heterocycles. The number of esters is 2. The summed E-state index contributed by atoms with van der Waals surface area (Å²) in [6.07, 6.45) is -1.12. The van der Waals surface area contributed by atoms with Crippen molar-refractivity contribution in [2.75, 3.05) is 24.7 Å². The fourth-order valence-electron chi connectivity index (χ4n) is 2.18. The van der Waals surface area contributed by atoms with Crippen LogP contribution in [0.2, 0.25) is 0 Å². The molecule has 0 saturated carbocycles. The largest absolute Gasteiger partial charge is 0.462 e. The van der Waals surface area contributed by atoms with Crippen molar-refractivity contribution < 1.29 is 47.0 Å². The van der Waals surface area contributed by atoms with Crippen molar-refractivity contribution >= 4 is 37.2 Å². The van der Waals surface area contributed by atoms with Crippen LogP contribution in [0.4, 0.5) is 8.78 Å². The van der Waals surface area contributed by atoms with Gasteiger partial charge < -0.3 is 30.3 Å². The zero-order valence-electron chi connectivity index (χ0n) is 18.4. The Morgan fingerprint density at radius 1 is 1.25 bits per heavy atom. The number of carbonyl (C=O) groups is 3. The number of alkyl halides is 2. The lowest BCUT2D eigenvalue weighted by Gasteiger charge is -2.19. The molecular formula is C18H33F2N2O8PS. The summed E-state index contributed by atoms with van der Waals surface area (Å²) in [5, 5.41) is 2.33. The van der Waals surface area contributed by atoms with Crippen molar-refractivity contribution in [1.82, 2.24) is 5.32 Å². The Morgan fingerprint density at radius 3 is 2.41 bits per heavy atom. The maximum absolute atomic E-state index is 13.2. The van der Waals surface area contributed by atoms with Crippen molar-refractivity contribution in [1.29, 1.82) is 0 Å². The molecule has 3 unspecified atom stereocenters. The van der Waals surface area contributed by atoms with Crippen LogP contribution >= 0.6 is 19.4 Å². The first-order chi connectivity index (χ1) is 14.7. The zero-order valence-corrected chi connectivity index (χ0v) is 20.1. The molecule has 0 aromatic rings. The average molecular weight is 507 g/mol. The summed E-state index contributed by atoms with van der Waals surface area (Å²) in [7, 11) is -5.55.